The summed E-state index contributed by atoms with van der Waals surface area (Å²) in [7, 11) is 2.81. The van der Waals surface area contributed by atoms with Gasteiger partial charge in [0.2, 0.25) is 0 Å². The van der Waals surface area contributed by atoms with Crippen LogP contribution in [0, 0.1) is 0 Å². The lowest BCUT2D eigenvalue weighted by molar-refractivity contribution is -0.137. The number of hydrogen-bond acceptors (Lipinski definition) is 6. The Bertz CT molecular complexity index is 1470. The molecule has 0 aliphatic carbocycles. The zero-order valence-corrected chi connectivity index (χ0v) is 20.6. The minimum atomic E-state index is -4.66. The van der Waals surface area contributed by atoms with Gasteiger partial charge in [0.25, 0.3) is 17.7 Å². The van der Waals surface area contributed by atoms with Crippen LogP contribution in [0.15, 0.2) is 77.5 Å². The summed E-state index contributed by atoms with van der Waals surface area (Å²) in [4.78, 5) is 39.6. The van der Waals surface area contributed by atoms with Crippen molar-refractivity contribution >= 4 is 46.4 Å². The summed E-state index contributed by atoms with van der Waals surface area (Å²) < 4.78 is 50.3. The van der Waals surface area contributed by atoms with Gasteiger partial charge in [-0.2, -0.15) is 13.2 Å². The van der Waals surface area contributed by atoms with Gasteiger partial charge in [-0.15, -0.1) is 0 Å². The second kappa shape index (κ2) is 10.5. The number of methoxy groups -OCH3 is 2. The zero-order chi connectivity index (χ0) is 27.6. The number of rotatable bonds is 7. The molecule has 1 aliphatic heterocycles. The van der Waals surface area contributed by atoms with E-state index in [0.29, 0.717) is 5.75 Å². The van der Waals surface area contributed by atoms with Gasteiger partial charge in [0.05, 0.1) is 31.2 Å². The number of amides is 3. The van der Waals surface area contributed by atoms with Gasteiger partial charge in [0.1, 0.15) is 22.2 Å². The summed E-state index contributed by atoms with van der Waals surface area (Å²) in [5, 5.41) is 4.59. The van der Waals surface area contributed by atoms with Crippen molar-refractivity contribution in [1.29, 1.82) is 0 Å². The quantitative estimate of drug-likeness (QED) is 0.385. The second-order valence-electron chi connectivity index (χ2n) is 7.88. The van der Waals surface area contributed by atoms with E-state index in [9.17, 15) is 27.6 Å². The lowest BCUT2D eigenvalue weighted by Crippen LogP contribution is -2.32. The third-order valence-corrected chi connectivity index (χ3v) is 5.88. The van der Waals surface area contributed by atoms with Crippen LogP contribution in [-0.2, 0) is 15.8 Å². The number of anilines is 3. The van der Waals surface area contributed by atoms with Crippen LogP contribution in [0.4, 0.5) is 30.2 Å². The molecule has 0 saturated carbocycles. The van der Waals surface area contributed by atoms with Gasteiger partial charge in [0.15, 0.2) is 0 Å². The summed E-state index contributed by atoms with van der Waals surface area (Å²) in [6, 6.07) is 14.7. The molecule has 196 valence electrons. The maximum Gasteiger partial charge on any atom is 0.418 e. The molecule has 0 fully saturated rings. The molecule has 0 radical (unpaired) electrons. The van der Waals surface area contributed by atoms with Crippen molar-refractivity contribution in [2.45, 2.75) is 6.18 Å². The van der Waals surface area contributed by atoms with E-state index in [4.69, 9.17) is 21.1 Å². The Hall–Kier alpha value is -4.51. The summed E-state index contributed by atoms with van der Waals surface area (Å²) in [6.07, 6.45) is -4.66. The maximum atomic E-state index is 13.3. The number of nitrogens with one attached hydrogen (secondary N) is 2. The van der Waals surface area contributed by atoms with Crippen molar-refractivity contribution in [2.75, 3.05) is 29.8 Å². The van der Waals surface area contributed by atoms with E-state index in [-0.39, 0.29) is 28.4 Å². The van der Waals surface area contributed by atoms with Crippen LogP contribution in [-0.4, -0.2) is 31.9 Å². The molecule has 3 aromatic rings. The largest absolute Gasteiger partial charge is 0.497 e. The van der Waals surface area contributed by atoms with Gasteiger partial charge in [-0.05, 0) is 42.5 Å². The third kappa shape index (κ3) is 5.14. The van der Waals surface area contributed by atoms with Crippen LogP contribution in [0.2, 0.25) is 0 Å². The maximum absolute atomic E-state index is 13.3. The Morgan fingerprint density at radius 3 is 2.34 bits per heavy atom. The van der Waals surface area contributed by atoms with Crippen LogP contribution < -0.4 is 25.0 Å². The van der Waals surface area contributed by atoms with Crippen molar-refractivity contribution in [1.82, 2.24) is 0 Å². The van der Waals surface area contributed by atoms with Gasteiger partial charge in [-0.25, -0.2) is 4.90 Å². The van der Waals surface area contributed by atoms with Gasteiger partial charge in [0, 0.05) is 17.3 Å². The average molecular weight is 546 g/mol. The Morgan fingerprint density at radius 2 is 1.66 bits per heavy atom. The molecule has 4 rings (SSSR count). The Balaban J connectivity index is 1.57. The lowest BCUT2D eigenvalue weighted by Gasteiger charge is -2.18. The van der Waals surface area contributed by atoms with Crippen LogP contribution in [0.3, 0.4) is 0 Å². The van der Waals surface area contributed by atoms with Crippen LogP contribution in [0.25, 0.3) is 0 Å². The van der Waals surface area contributed by atoms with Gasteiger partial charge < -0.3 is 20.1 Å². The van der Waals surface area contributed by atoms with Crippen molar-refractivity contribution in [3.05, 3.63) is 88.6 Å². The van der Waals surface area contributed by atoms with Crippen molar-refractivity contribution < 1.29 is 37.0 Å². The fraction of sp³-hybridized carbons (Fsp3) is 0.115. The molecular weight excluding hydrogens is 527 g/mol. The van der Waals surface area contributed by atoms with E-state index >= 15 is 0 Å². The SMILES string of the molecule is COc1ccc(N2C(=O)C(Cl)=C(Nc3cccc(C(=O)Nc4ccccc4C(F)(F)F)c3)C2=O)c(OC)c1. The molecule has 0 spiro atoms. The Morgan fingerprint density at radius 1 is 0.921 bits per heavy atom. The number of carbonyl (C=O) groups is 3. The van der Waals surface area contributed by atoms with E-state index in [2.05, 4.69) is 10.6 Å². The van der Waals surface area contributed by atoms with Crippen LogP contribution >= 0.6 is 11.6 Å². The molecule has 2 N–H and O–H groups in total. The predicted octanol–water partition coefficient (Wildman–Crippen LogP) is 5.41. The standard InChI is InChI=1S/C26H19ClF3N3O5/c1-37-16-10-11-19(20(13-16)38-2)33-24(35)21(27)22(25(33)36)31-15-7-5-6-14(12-15)23(34)32-18-9-4-3-8-17(18)26(28,29)30/h3-13,31H,1-2H3,(H,32,34). The Labute approximate surface area is 219 Å². The van der Waals surface area contributed by atoms with Crippen molar-refractivity contribution in [3.63, 3.8) is 0 Å². The van der Waals surface area contributed by atoms with E-state index in [1.807, 2.05) is 0 Å². The minimum absolute atomic E-state index is 0.00541. The van der Waals surface area contributed by atoms with Gasteiger partial charge in [-0.1, -0.05) is 29.8 Å². The van der Waals surface area contributed by atoms with Crippen molar-refractivity contribution in [2.24, 2.45) is 0 Å². The number of para-hydroxylation sites is 1. The highest BCUT2D eigenvalue weighted by Gasteiger charge is 2.40. The van der Waals surface area contributed by atoms with E-state index < -0.39 is 40.2 Å². The van der Waals surface area contributed by atoms with Crippen LogP contribution in [0.5, 0.6) is 11.5 Å². The average Bonchev–Trinajstić information content (AvgIpc) is 3.11. The molecule has 1 heterocycles. The number of nitrogens with zero attached hydrogens (tertiary/aromatic N) is 1. The molecule has 0 atom stereocenters. The number of imide groups is 1. The highest BCUT2D eigenvalue weighted by atomic mass is 35.5. The normalized spacial score (nSPS) is 13.6. The number of halogens is 4. The van der Waals surface area contributed by atoms with E-state index in [1.54, 1.807) is 0 Å². The first-order valence-corrected chi connectivity index (χ1v) is 11.3. The van der Waals surface area contributed by atoms with Gasteiger partial charge in [-0.3, -0.25) is 14.4 Å². The molecule has 0 saturated heterocycles. The molecule has 3 aromatic carbocycles. The number of carbonyl (C=O) groups excluding carboxylic acids is 3. The summed E-state index contributed by atoms with van der Waals surface area (Å²) >= 11 is 6.20. The lowest BCUT2D eigenvalue weighted by atomic mass is 10.1. The molecular formula is C26H19ClF3N3O5. The minimum Gasteiger partial charge on any atom is -0.497 e. The number of benzene rings is 3. The first-order chi connectivity index (χ1) is 18.0. The first-order valence-electron chi connectivity index (χ1n) is 10.9. The highest BCUT2D eigenvalue weighted by Crippen LogP contribution is 2.38. The third-order valence-electron chi connectivity index (χ3n) is 5.53. The summed E-state index contributed by atoms with van der Waals surface area (Å²) in [6.45, 7) is 0. The van der Waals surface area contributed by atoms with Gasteiger partial charge >= 0.3 is 6.18 Å². The second-order valence-corrected chi connectivity index (χ2v) is 8.25. The zero-order valence-electron chi connectivity index (χ0n) is 19.9. The van der Waals surface area contributed by atoms with Crippen LogP contribution in [0.1, 0.15) is 15.9 Å². The molecule has 8 nitrogen and oxygen atoms in total. The molecule has 0 aromatic heterocycles. The molecule has 38 heavy (non-hydrogen) atoms. The van der Waals surface area contributed by atoms with E-state index in [1.165, 1.54) is 68.8 Å². The number of ether oxygens (including phenoxy) is 2. The number of hydrogen-bond donors (Lipinski definition) is 2. The van der Waals surface area contributed by atoms with Crippen molar-refractivity contribution in [3.8, 4) is 11.5 Å². The van der Waals surface area contributed by atoms with E-state index in [0.717, 1.165) is 17.0 Å². The summed E-state index contributed by atoms with van der Waals surface area (Å²) in [5.74, 6) is -1.77. The molecule has 3 amide bonds. The predicted molar refractivity (Wildman–Crippen MR) is 134 cm³/mol. The topological polar surface area (TPSA) is 97.0 Å². The highest BCUT2D eigenvalue weighted by molar-refractivity contribution is 6.53. The first kappa shape index (κ1) is 26.6. The number of alkyl halides is 3. The fourth-order valence-electron chi connectivity index (χ4n) is 3.72. The summed E-state index contributed by atoms with van der Waals surface area (Å²) in [5.41, 5.74) is -1.34. The smallest absolute Gasteiger partial charge is 0.418 e. The molecule has 12 heteroatoms. The Kier molecular flexibility index (Phi) is 7.31. The molecule has 0 bridgehead atoms. The fourth-order valence-corrected chi connectivity index (χ4v) is 3.93. The molecule has 0 unspecified atom stereocenters. The monoisotopic (exact) mass is 545 g/mol. The molecule has 1 aliphatic rings.